The predicted molar refractivity (Wildman–Crippen MR) is 80.7 cm³/mol. The van der Waals surface area contributed by atoms with Gasteiger partial charge in [0, 0.05) is 18.3 Å². The van der Waals surface area contributed by atoms with E-state index < -0.39 is 5.66 Å². The van der Waals surface area contributed by atoms with Crippen molar-refractivity contribution < 1.29 is 4.79 Å². The maximum Gasteiger partial charge on any atom is 0.257 e. The van der Waals surface area contributed by atoms with Gasteiger partial charge in [-0.15, -0.1) is 0 Å². The van der Waals surface area contributed by atoms with Crippen molar-refractivity contribution in [3.63, 3.8) is 0 Å². The molecule has 0 fully saturated rings. The Labute approximate surface area is 119 Å². The normalized spacial score (nSPS) is 21.4. The Hall–Kier alpha value is -2.29. The van der Waals surface area contributed by atoms with Crippen molar-refractivity contribution in [1.29, 1.82) is 0 Å². The third kappa shape index (κ3) is 1.70. The Balaban J connectivity index is 2.17. The van der Waals surface area contributed by atoms with Crippen LogP contribution in [0, 0.1) is 6.92 Å². The van der Waals surface area contributed by atoms with E-state index in [9.17, 15) is 4.79 Å². The first-order valence-corrected chi connectivity index (χ1v) is 6.75. The van der Waals surface area contributed by atoms with Crippen LogP contribution in [0.25, 0.3) is 0 Å². The van der Waals surface area contributed by atoms with Crippen LogP contribution in [0.5, 0.6) is 0 Å². The molecule has 3 rings (SSSR count). The van der Waals surface area contributed by atoms with Gasteiger partial charge < -0.3 is 10.2 Å². The average Bonchev–Trinajstić information content (AvgIpc) is 2.45. The second kappa shape index (κ2) is 4.37. The van der Waals surface area contributed by atoms with Crippen molar-refractivity contribution in [2.45, 2.75) is 19.5 Å². The van der Waals surface area contributed by atoms with E-state index in [0.29, 0.717) is 0 Å². The summed E-state index contributed by atoms with van der Waals surface area (Å²) in [4.78, 5) is 14.4. The lowest BCUT2D eigenvalue weighted by molar-refractivity contribution is 0.0615. The van der Waals surface area contributed by atoms with Crippen LogP contribution in [-0.4, -0.2) is 17.9 Å². The van der Waals surface area contributed by atoms with Gasteiger partial charge in [-0.3, -0.25) is 4.79 Å². The number of fused-ring (bicyclic) bond motifs is 1. The van der Waals surface area contributed by atoms with Gasteiger partial charge in [0.15, 0.2) is 0 Å². The molecular formula is C17H18N2O. The van der Waals surface area contributed by atoms with Gasteiger partial charge in [-0.25, -0.2) is 0 Å². The molecule has 1 amide bonds. The first-order valence-electron chi connectivity index (χ1n) is 6.75. The average molecular weight is 266 g/mol. The van der Waals surface area contributed by atoms with Gasteiger partial charge in [0.05, 0.1) is 5.56 Å². The molecule has 2 aromatic carbocycles. The molecule has 0 saturated carbocycles. The molecule has 0 aromatic heterocycles. The molecule has 0 aliphatic carbocycles. The number of carbonyl (C=O) groups excluding carboxylic acids is 1. The molecule has 0 bridgehead atoms. The van der Waals surface area contributed by atoms with Crippen molar-refractivity contribution in [2.24, 2.45) is 0 Å². The zero-order valence-electron chi connectivity index (χ0n) is 12.0. The van der Waals surface area contributed by atoms with Crippen LogP contribution in [0.2, 0.25) is 0 Å². The van der Waals surface area contributed by atoms with Gasteiger partial charge in [0.2, 0.25) is 0 Å². The summed E-state index contributed by atoms with van der Waals surface area (Å²) in [5, 5.41) is 3.52. The van der Waals surface area contributed by atoms with Crippen LogP contribution in [0.4, 0.5) is 5.69 Å². The zero-order chi connectivity index (χ0) is 14.3. The quantitative estimate of drug-likeness (QED) is 0.858. The summed E-state index contributed by atoms with van der Waals surface area (Å²) in [6.45, 7) is 4.12. The number of nitrogens with zero attached hydrogens (tertiary/aromatic N) is 1. The Morgan fingerprint density at radius 1 is 1.05 bits per heavy atom. The summed E-state index contributed by atoms with van der Waals surface area (Å²) in [5.74, 6) is 0.0464. The van der Waals surface area contributed by atoms with Crippen LogP contribution < -0.4 is 5.32 Å². The maximum absolute atomic E-state index is 12.6. The van der Waals surface area contributed by atoms with Gasteiger partial charge in [-0.05, 0) is 31.5 Å². The SMILES string of the molecule is Cc1ccccc1[C@]1(C)Nc2ccccc2C(=O)N1C. The number of aryl methyl sites for hydroxylation is 1. The molecule has 3 heteroatoms. The lowest BCUT2D eigenvalue weighted by Gasteiger charge is -2.45. The van der Waals surface area contributed by atoms with Crippen LogP contribution in [0.3, 0.4) is 0 Å². The summed E-state index contributed by atoms with van der Waals surface area (Å²) in [6, 6.07) is 15.8. The van der Waals surface area contributed by atoms with Gasteiger partial charge in [-0.1, -0.05) is 36.4 Å². The van der Waals surface area contributed by atoms with Gasteiger partial charge in [0.1, 0.15) is 5.66 Å². The minimum atomic E-state index is -0.531. The van der Waals surface area contributed by atoms with Crippen LogP contribution in [0.15, 0.2) is 48.5 Å². The van der Waals surface area contributed by atoms with Gasteiger partial charge >= 0.3 is 0 Å². The molecule has 0 saturated heterocycles. The van der Waals surface area contributed by atoms with E-state index >= 15 is 0 Å². The third-order valence-corrected chi connectivity index (χ3v) is 4.18. The highest BCUT2D eigenvalue weighted by Crippen LogP contribution is 2.37. The smallest absolute Gasteiger partial charge is 0.257 e. The highest BCUT2D eigenvalue weighted by Gasteiger charge is 2.40. The number of hydrogen-bond donors (Lipinski definition) is 1. The first kappa shape index (κ1) is 12.7. The topological polar surface area (TPSA) is 32.3 Å². The number of anilines is 1. The molecule has 1 atom stereocenters. The highest BCUT2D eigenvalue weighted by atomic mass is 16.2. The summed E-state index contributed by atoms with van der Waals surface area (Å²) in [5.41, 5.74) is 3.37. The van der Waals surface area contributed by atoms with E-state index in [4.69, 9.17) is 0 Å². The van der Waals surface area contributed by atoms with E-state index in [1.54, 1.807) is 4.90 Å². The van der Waals surface area contributed by atoms with Gasteiger partial charge in [0.25, 0.3) is 5.91 Å². The van der Waals surface area contributed by atoms with E-state index in [1.807, 2.05) is 50.4 Å². The predicted octanol–water partition coefficient (Wildman–Crippen LogP) is 3.37. The number of carbonyl (C=O) groups is 1. The van der Waals surface area contributed by atoms with Crippen LogP contribution in [0.1, 0.15) is 28.4 Å². The first-order chi connectivity index (χ1) is 9.54. The fourth-order valence-corrected chi connectivity index (χ4v) is 2.88. The molecule has 0 unspecified atom stereocenters. The molecule has 1 aliphatic heterocycles. The summed E-state index contributed by atoms with van der Waals surface area (Å²) in [6.07, 6.45) is 0. The second-order valence-electron chi connectivity index (χ2n) is 5.42. The molecular weight excluding hydrogens is 248 g/mol. The number of rotatable bonds is 1. The van der Waals surface area contributed by atoms with Crippen molar-refractivity contribution >= 4 is 11.6 Å². The minimum absolute atomic E-state index is 0.0464. The monoisotopic (exact) mass is 266 g/mol. The molecule has 0 radical (unpaired) electrons. The fraction of sp³-hybridized carbons (Fsp3) is 0.235. The molecule has 1 aliphatic rings. The fourth-order valence-electron chi connectivity index (χ4n) is 2.88. The lowest BCUT2D eigenvalue weighted by Crippen LogP contribution is -2.54. The standard InChI is InChI=1S/C17H18N2O/c1-12-8-4-6-10-14(12)17(2)18-15-11-7-5-9-13(15)16(20)19(17)3/h4-11,18H,1-3H3/t17-/m1/s1. The zero-order valence-corrected chi connectivity index (χ0v) is 12.0. The second-order valence-corrected chi connectivity index (χ2v) is 5.42. The van der Waals surface area contributed by atoms with E-state index in [1.165, 1.54) is 5.56 Å². The van der Waals surface area contributed by atoms with E-state index in [2.05, 4.69) is 24.4 Å². The van der Waals surface area contributed by atoms with Crippen molar-refractivity contribution in [1.82, 2.24) is 4.90 Å². The van der Waals surface area contributed by atoms with Crippen molar-refractivity contribution in [2.75, 3.05) is 12.4 Å². The van der Waals surface area contributed by atoms with E-state index in [0.717, 1.165) is 16.8 Å². The Bertz CT molecular complexity index is 680. The molecule has 3 nitrogen and oxygen atoms in total. The number of benzene rings is 2. The van der Waals surface area contributed by atoms with Crippen LogP contribution >= 0.6 is 0 Å². The van der Waals surface area contributed by atoms with Crippen LogP contribution in [-0.2, 0) is 5.66 Å². The van der Waals surface area contributed by atoms with E-state index in [-0.39, 0.29) is 5.91 Å². The Morgan fingerprint density at radius 3 is 2.45 bits per heavy atom. The molecule has 0 spiro atoms. The lowest BCUT2D eigenvalue weighted by atomic mass is 9.91. The summed E-state index contributed by atoms with van der Waals surface area (Å²) in [7, 11) is 1.84. The number of para-hydroxylation sites is 1. The van der Waals surface area contributed by atoms with Crippen molar-refractivity contribution in [3.05, 3.63) is 65.2 Å². The molecule has 2 aromatic rings. The molecule has 1 heterocycles. The third-order valence-electron chi connectivity index (χ3n) is 4.18. The molecule has 20 heavy (non-hydrogen) atoms. The minimum Gasteiger partial charge on any atom is -0.358 e. The largest absolute Gasteiger partial charge is 0.358 e. The Kier molecular flexibility index (Phi) is 2.78. The Morgan fingerprint density at radius 2 is 1.70 bits per heavy atom. The van der Waals surface area contributed by atoms with Gasteiger partial charge in [-0.2, -0.15) is 0 Å². The number of hydrogen-bond acceptors (Lipinski definition) is 2. The maximum atomic E-state index is 12.6. The highest BCUT2D eigenvalue weighted by molar-refractivity contribution is 6.02. The molecule has 1 N–H and O–H groups in total. The number of nitrogens with one attached hydrogen (secondary N) is 1. The summed E-state index contributed by atoms with van der Waals surface area (Å²) < 4.78 is 0. The summed E-state index contributed by atoms with van der Waals surface area (Å²) >= 11 is 0. The van der Waals surface area contributed by atoms with Crippen molar-refractivity contribution in [3.8, 4) is 0 Å². The molecule has 102 valence electrons. The number of amides is 1.